The summed E-state index contributed by atoms with van der Waals surface area (Å²) >= 11 is 9.25. The first-order valence-corrected chi connectivity index (χ1v) is 17.8. The molecule has 6 nitrogen and oxygen atoms in total. The number of carbonyl (C=O) groups is 3. The number of nitrogens with zero attached hydrogens (tertiary/aromatic N) is 1. The molecule has 0 amide bonds. The highest BCUT2D eigenvalue weighted by Gasteiger charge is 2.23. The largest absolute Gasteiger partial charge is 0.370 e. The van der Waals surface area contributed by atoms with Crippen molar-refractivity contribution in [3.8, 4) is 0 Å². The molecule has 1 heterocycles. The first-order valence-electron chi connectivity index (χ1n) is 15.6. The number of nitrogens with one attached hydrogen (secondary N) is 1. The highest BCUT2D eigenvalue weighted by molar-refractivity contribution is 7.99. The maximum atomic E-state index is 13.9. The molecular formula is C39H33ClN2O4S2. The van der Waals surface area contributed by atoms with Crippen molar-refractivity contribution in [2.45, 2.75) is 47.5 Å². The fraction of sp³-hybridized carbons (Fsp3) is 0.154. The minimum Gasteiger partial charge on any atom is -0.370 e. The average Bonchev–Trinajstić information content (AvgIpc) is 3.42. The van der Waals surface area contributed by atoms with Crippen molar-refractivity contribution in [2.75, 3.05) is 5.75 Å². The third-order valence-corrected chi connectivity index (χ3v) is 10.3. The van der Waals surface area contributed by atoms with Gasteiger partial charge in [0.2, 0.25) is 0 Å². The number of hydrogen-bond acceptors (Lipinski definition) is 7. The molecule has 0 aliphatic carbocycles. The lowest BCUT2D eigenvalue weighted by Gasteiger charge is -2.17. The van der Waals surface area contributed by atoms with Crippen molar-refractivity contribution in [3.63, 3.8) is 0 Å². The summed E-state index contributed by atoms with van der Waals surface area (Å²) in [5.41, 5.74) is 6.32. The topological polar surface area (TPSA) is 77.4 Å². The normalized spacial score (nSPS) is 11.9. The number of benzene rings is 5. The Kier molecular flexibility index (Phi) is 10.7. The van der Waals surface area contributed by atoms with E-state index in [9.17, 15) is 14.4 Å². The number of aryl methyl sites for hydroxylation is 1. The molecule has 48 heavy (non-hydrogen) atoms. The number of ketones is 2. The van der Waals surface area contributed by atoms with Crippen molar-refractivity contribution in [3.05, 3.63) is 137 Å². The fourth-order valence-corrected chi connectivity index (χ4v) is 7.51. The Hall–Kier alpha value is -4.34. The molecule has 5 aromatic carbocycles. The summed E-state index contributed by atoms with van der Waals surface area (Å²) < 4.78 is 2.18. The van der Waals surface area contributed by atoms with E-state index in [1.54, 1.807) is 23.5 Å². The molecule has 0 aliphatic rings. The fourth-order valence-electron chi connectivity index (χ4n) is 5.63. The molecule has 1 N–H and O–H groups in total. The van der Waals surface area contributed by atoms with Crippen LogP contribution in [0.2, 0.25) is 5.02 Å². The minimum absolute atomic E-state index is 0.0679. The van der Waals surface area contributed by atoms with Crippen LogP contribution < -0.4 is 5.48 Å². The first-order chi connectivity index (χ1) is 23.3. The molecule has 9 heteroatoms. The molecule has 0 spiro atoms. The average molecular weight is 693 g/mol. The molecule has 0 radical (unpaired) electrons. The quantitative estimate of drug-likeness (QED) is 0.0734. The number of fused-ring (bicyclic) bond motifs is 3. The SMILES string of the molecule is CCn1c2ccc(C(=O)c3ccc(Sc4ccccc4)cc3)cc2c2cc(C(=O)C(CCSc3ccc(Cl)cc3)NOC(C)=O)ccc21. The van der Waals surface area contributed by atoms with Gasteiger partial charge >= 0.3 is 5.97 Å². The minimum atomic E-state index is -0.745. The van der Waals surface area contributed by atoms with Crippen LogP contribution in [-0.4, -0.2) is 33.9 Å². The van der Waals surface area contributed by atoms with E-state index in [4.69, 9.17) is 16.4 Å². The van der Waals surface area contributed by atoms with Crippen molar-refractivity contribution in [1.29, 1.82) is 0 Å². The van der Waals surface area contributed by atoms with Gasteiger partial charge in [0.05, 0.1) is 0 Å². The molecule has 6 rings (SSSR count). The Morgan fingerprint density at radius 1 is 0.750 bits per heavy atom. The summed E-state index contributed by atoms with van der Waals surface area (Å²) in [5, 5.41) is 2.43. The van der Waals surface area contributed by atoms with Gasteiger partial charge in [0, 0.05) is 77.4 Å². The number of hydrogen-bond donors (Lipinski definition) is 1. The number of halogens is 1. The van der Waals surface area contributed by atoms with Gasteiger partial charge in [-0.1, -0.05) is 41.6 Å². The third-order valence-electron chi connectivity index (χ3n) is 7.97. The van der Waals surface area contributed by atoms with Crippen LogP contribution in [0.5, 0.6) is 0 Å². The Balaban J connectivity index is 1.27. The molecule has 0 aliphatic heterocycles. The van der Waals surface area contributed by atoms with Crippen LogP contribution in [0.4, 0.5) is 0 Å². The highest BCUT2D eigenvalue weighted by Crippen LogP contribution is 2.33. The van der Waals surface area contributed by atoms with Gasteiger partial charge in [-0.15, -0.1) is 17.2 Å². The van der Waals surface area contributed by atoms with Crippen LogP contribution in [0.15, 0.2) is 130 Å². The van der Waals surface area contributed by atoms with Gasteiger partial charge in [0.1, 0.15) is 6.04 Å². The molecule has 1 aromatic heterocycles. The van der Waals surface area contributed by atoms with Gasteiger partial charge in [0.25, 0.3) is 0 Å². The molecule has 6 aromatic rings. The Morgan fingerprint density at radius 3 is 1.98 bits per heavy atom. The molecule has 1 atom stereocenters. The standard InChI is InChI=1S/C39H33ClN2O4S2/c1-3-42-36-19-11-27(38(44)26-9-15-32(16-10-26)48-31-7-5-4-6-8-31)23-33(36)34-24-28(12-20-37(34)42)39(45)35(41-46-25(2)43)21-22-47-30-17-13-29(40)14-18-30/h4-20,23-24,35,41H,3,21-22H2,1-2H3. The zero-order chi connectivity index (χ0) is 33.6. The summed E-state index contributed by atoms with van der Waals surface area (Å²) in [4.78, 5) is 47.5. The predicted octanol–water partition coefficient (Wildman–Crippen LogP) is 9.65. The van der Waals surface area contributed by atoms with Crippen molar-refractivity contribution in [1.82, 2.24) is 10.0 Å². The number of hydroxylamine groups is 1. The lowest BCUT2D eigenvalue weighted by Crippen LogP contribution is -2.38. The van der Waals surface area contributed by atoms with Crippen molar-refractivity contribution >= 4 is 74.5 Å². The van der Waals surface area contributed by atoms with E-state index in [0.717, 1.165) is 43.0 Å². The highest BCUT2D eigenvalue weighted by atomic mass is 35.5. The van der Waals surface area contributed by atoms with Crippen LogP contribution in [0.25, 0.3) is 21.8 Å². The maximum absolute atomic E-state index is 13.9. The molecule has 0 fully saturated rings. The summed E-state index contributed by atoms with van der Waals surface area (Å²) in [6, 6.07) is 36.0. The van der Waals surface area contributed by atoms with E-state index in [0.29, 0.717) is 33.9 Å². The van der Waals surface area contributed by atoms with E-state index in [2.05, 4.69) is 29.1 Å². The first kappa shape index (κ1) is 33.6. The molecular weight excluding hydrogens is 660 g/mol. The zero-order valence-electron chi connectivity index (χ0n) is 26.4. The second kappa shape index (κ2) is 15.3. The van der Waals surface area contributed by atoms with E-state index in [1.165, 1.54) is 6.92 Å². The Bertz CT molecular complexity index is 2100. The van der Waals surface area contributed by atoms with Gasteiger partial charge < -0.3 is 9.40 Å². The molecule has 0 saturated heterocycles. The van der Waals surface area contributed by atoms with Gasteiger partial charge in [-0.25, -0.2) is 0 Å². The van der Waals surface area contributed by atoms with Crippen LogP contribution in [-0.2, 0) is 16.2 Å². The third kappa shape index (κ3) is 7.69. The van der Waals surface area contributed by atoms with Gasteiger partial charge in [0.15, 0.2) is 11.6 Å². The number of thioether (sulfide) groups is 1. The summed E-state index contributed by atoms with van der Waals surface area (Å²) in [6.45, 7) is 4.09. The number of carbonyl (C=O) groups excluding carboxylic acids is 3. The van der Waals surface area contributed by atoms with E-state index >= 15 is 0 Å². The van der Waals surface area contributed by atoms with E-state index in [1.807, 2.05) is 103 Å². The molecule has 1 unspecified atom stereocenters. The van der Waals surface area contributed by atoms with Crippen molar-refractivity contribution in [2.24, 2.45) is 0 Å². The monoisotopic (exact) mass is 692 g/mol. The van der Waals surface area contributed by atoms with Crippen molar-refractivity contribution < 1.29 is 19.2 Å². The summed E-state index contributed by atoms with van der Waals surface area (Å²) in [7, 11) is 0. The van der Waals surface area contributed by atoms with Crippen LogP contribution in [0.3, 0.4) is 0 Å². The molecule has 242 valence electrons. The van der Waals surface area contributed by atoms with Crippen LogP contribution in [0.1, 0.15) is 46.5 Å². The lowest BCUT2D eigenvalue weighted by atomic mass is 9.98. The second-order valence-electron chi connectivity index (χ2n) is 11.2. The summed E-state index contributed by atoms with van der Waals surface area (Å²) in [5.74, 6) is -0.169. The second-order valence-corrected chi connectivity index (χ2v) is 13.9. The Morgan fingerprint density at radius 2 is 1.33 bits per heavy atom. The zero-order valence-corrected chi connectivity index (χ0v) is 28.8. The maximum Gasteiger partial charge on any atom is 0.321 e. The van der Waals surface area contributed by atoms with E-state index < -0.39 is 12.0 Å². The predicted molar refractivity (Wildman–Crippen MR) is 195 cm³/mol. The van der Waals surface area contributed by atoms with Gasteiger partial charge in [-0.3, -0.25) is 14.4 Å². The van der Waals surface area contributed by atoms with Crippen LogP contribution in [0, 0.1) is 0 Å². The van der Waals surface area contributed by atoms with Gasteiger partial charge in [-0.2, -0.15) is 0 Å². The van der Waals surface area contributed by atoms with Gasteiger partial charge in [-0.05, 0) is 110 Å². The number of rotatable bonds is 13. The van der Waals surface area contributed by atoms with Crippen LogP contribution >= 0.6 is 35.1 Å². The smallest absolute Gasteiger partial charge is 0.321 e. The Labute approximate surface area is 292 Å². The molecule has 0 bridgehead atoms. The number of aromatic nitrogens is 1. The number of Topliss-reactive ketones (excluding diaryl/α,β-unsaturated/α-hetero) is 1. The van der Waals surface area contributed by atoms with E-state index in [-0.39, 0.29) is 11.6 Å². The lowest BCUT2D eigenvalue weighted by molar-refractivity contribution is -0.149. The summed E-state index contributed by atoms with van der Waals surface area (Å²) in [6.07, 6.45) is 0.426. The molecule has 0 saturated carbocycles.